The zero-order valence-electron chi connectivity index (χ0n) is 24.2. The van der Waals surface area contributed by atoms with Gasteiger partial charge in [-0.2, -0.15) is 0 Å². The van der Waals surface area contributed by atoms with Crippen molar-refractivity contribution in [2.24, 2.45) is 5.41 Å². The van der Waals surface area contributed by atoms with Gasteiger partial charge in [-0.3, -0.25) is 14.5 Å². The Balaban J connectivity index is 1.46. The highest BCUT2D eigenvalue weighted by Crippen LogP contribution is 2.48. The first-order chi connectivity index (χ1) is 19.8. The number of ketones is 1. The van der Waals surface area contributed by atoms with Crippen LogP contribution in [0.1, 0.15) is 55.1 Å². The van der Waals surface area contributed by atoms with Gasteiger partial charge in [-0.15, -0.1) is 0 Å². The molecule has 0 radical (unpaired) electrons. The van der Waals surface area contributed by atoms with Crippen molar-refractivity contribution >= 4 is 29.0 Å². The fraction of sp³-hybridized carbons (Fsp3) is 0.469. The molecule has 1 aliphatic carbocycles. The Bertz CT molecular complexity index is 1310. The van der Waals surface area contributed by atoms with E-state index in [4.69, 9.17) is 9.47 Å². The Hall–Kier alpha value is -3.69. The number of fused-ring (bicyclic) bond motifs is 1. The van der Waals surface area contributed by atoms with Crippen molar-refractivity contribution < 1.29 is 23.9 Å². The molecular weight excluding hydrogens is 520 g/mol. The number of ether oxygens (including phenoxy) is 2. The second-order valence-electron chi connectivity index (χ2n) is 11.8. The number of para-hydroxylation sites is 2. The van der Waals surface area contributed by atoms with E-state index in [0.29, 0.717) is 30.5 Å². The van der Waals surface area contributed by atoms with Crippen LogP contribution >= 0.6 is 0 Å². The number of nitrogens with zero attached hydrogens (tertiary/aromatic N) is 2. The molecule has 0 bridgehead atoms. The van der Waals surface area contributed by atoms with Crippen LogP contribution in [0.25, 0.3) is 0 Å². The summed E-state index contributed by atoms with van der Waals surface area (Å²) in [7, 11) is 1.35. The van der Waals surface area contributed by atoms with E-state index in [0.717, 1.165) is 61.9 Å². The van der Waals surface area contributed by atoms with Crippen molar-refractivity contribution in [3.63, 3.8) is 0 Å². The molecule has 1 atom stereocenters. The molecule has 9 heteroatoms. The standard InChI is InChI=1S/C32H40N4O5/c1-32(2)19-25-29(27(37)20-32)30(22-9-11-23(12-10-22)31(39)40-3)36(26-8-5-4-7-24(26)34-25)21-28(38)33-13-6-14-35-15-17-41-18-16-35/h4-5,7-12,30,34H,6,13-21H2,1-3H3,(H,33,38). The van der Waals surface area contributed by atoms with Crippen molar-refractivity contribution in [3.8, 4) is 0 Å². The minimum absolute atomic E-state index is 0.0644. The van der Waals surface area contributed by atoms with Gasteiger partial charge in [0, 0.05) is 37.3 Å². The molecule has 0 spiro atoms. The summed E-state index contributed by atoms with van der Waals surface area (Å²) < 4.78 is 10.3. The number of allylic oxidation sites excluding steroid dienone is 1. The third-order valence-electron chi connectivity index (χ3n) is 8.04. The van der Waals surface area contributed by atoms with Gasteiger partial charge in [0.25, 0.3) is 0 Å². The highest BCUT2D eigenvalue weighted by molar-refractivity contribution is 6.02. The highest BCUT2D eigenvalue weighted by atomic mass is 16.5. The average Bonchev–Trinajstić information content (AvgIpc) is 3.09. The maximum atomic E-state index is 13.8. The van der Waals surface area contributed by atoms with E-state index in [9.17, 15) is 14.4 Å². The predicted octanol–water partition coefficient (Wildman–Crippen LogP) is 3.93. The zero-order valence-corrected chi connectivity index (χ0v) is 24.2. The van der Waals surface area contributed by atoms with Crippen LogP contribution < -0.4 is 15.5 Å². The summed E-state index contributed by atoms with van der Waals surface area (Å²) in [5.41, 5.74) is 4.33. The Morgan fingerprint density at radius 3 is 2.54 bits per heavy atom. The van der Waals surface area contributed by atoms with Gasteiger partial charge in [-0.05, 0) is 54.6 Å². The number of hydrogen-bond donors (Lipinski definition) is 2. The number of amides is 1. The smallest absolute Gasteiger partial charge is 0.337 e. The minimum atomic E-state index is -0.504. The van der Waals surface area contributed by atoms with Crippen molar-refractivity contribution in [2.45, 2.75) is 39.2 Å². The molecule has 218 valence electrons. The summed E-state index contributed by atoms with van der Waals surface area (Å²) in [4.78, 5) is 43.8. The molecule has 1 unspecified atom stereocenters. The number of esters is 1. The second-order valence-corrected chi connectivity index (χ2v) is 11.8. The number of anilines is 2. The lowest BCUT2D eigenvalue weighted by molar-refractivity contribution is -0.120. The van der Waals surface area contributed by atoms with Crippen LogP contribution in [0.4, 0.5) is 11.4 Å². The SMILES string of the molecule is COC(=O)c1ccc(C2C3=C(CC(C)(C)CC3=O)Nc3ccccc3N2CC(=O)NCCCN2CCOCC2)cc1. The zero-order chi connectivity index (χ0) is 29.0. The number of morpholine rings is 1. The molecule has 9 nitrogen and oxygen atoms in total. The molecule has 2 heterocycles. The van der Waals surface area contributed by atoms with Gasteiger partial charge in [0.1, 0.15) is 0 Å². The van der Waals surface area contributed by atoms with Crippen molar-refractivity contribution in [2.75, 3.05) is 63.3 Å². The lowest BCUT2D eigenvalue weighted by Crippen LogP contribution is -2.43. The number of nitrogens with one attached hydrogen (secondary N) is 2. The number of rotatable bonds is 8. The maximum Gasteiger partial charge on any atom is 0.337 e. The topological polar surface area (TPSA) is 100 Å². The highest BCUT2D eigenvalue weighted by Gasteiger charge is 2.41. The monoisotopic (exact) mass is 560 g/mol. The molecule has 2 N–H and O–H groups in total. The quantitative estimate of drug-likeness (QED) is 0.370. The van der Waals surface area contributed by atoms with Gasteiger partial charge in [0.2, 0.25) is 5.91 Å². The number of benzene rings is 2. The first-order valence-electron chi connectivity index (χ1n) is 14.4. The predicted molar refractivity (Wildman–Crippen MR) is 158 cm³/mol. The van der Waals surface area contributed by atoms with Crippen LogP contribution in [-0.4, -0.2) is 75.6 Å². The van der Waals surface area contributed by atoms with E-state index in [-0.39, 0.29) is 23.7 Å². The third-order valence-corrected chi connectivity index (χ3v) is 8.04. The number of hydrogen-bond acceptors (Lipinski definition) is 8. The number of methoxy groups -OCH3 is 1. The summed E-state index contributed by atoms with van der Waals surface area (Å²) in [6.07, 6.45) is 1.98. The van der Waals surface area contributed by atoms with Crippen LogP contribution in [0.15, 0.2) is 59.8 Å². The van der Waals surface area contributed by atoms with Gasteiger partial charge in [-0.25, -0.2) is 4.79 Å². The van der Waals surface area contributed by atoms with Crippen LogP contribution in [0, 0.1) is 5.41 Å². The first-order valence-corrected chi connectivity index (χ1v) is 14.4. The van der Waals surface area contributed by atoms with E-state index >= 15 is 0 Å². The van der Waals surface area contributed by atoms with E-state index in [1.165, 1.54) is 7.11 Å². The fourth-order valence-electron chi connectivity index (χ4n) is 6.06. The average molecular weight is 561 g/mol. The van der Waals surface area contributed by atoms with Crippen LogP contribution in [0.5, 0.6) is 0 Å². The Morgan fingerprint density at radius 1 is 1.07 bits per heavy atom. The largest absolute Gasteiger partial charge is 0.465 e. The van der Waals surface area contributed by atoms with Gasteiger partial charge in [-0.1, -0.05) is 38.1 Å². The summed E-state index contributed by atoms with van der Waals surface area (Å²) in [5.74, 6) is -0.465. The fourth-order valence-corrected chi connectivity index (χ4v) is 6.06. The molecule has 41 heavy (non-hydrogen) atoms. The van der Waals surface area contributed by atoms with Gasteiger partial charge in [0.05, 0.1) is 49.8 Å². The molecule has 2 aromatic rings. The Morgan fingerprint density at radius 2 is 1.80 bits per heavy atom. The van der Waals surface area contributed by atoms with E-state index in [1.807, 2.05) is 41.3 Å². The third kappa shape index (κ3) is 6.63. The van der Waals surface area contributed by atoms with Crippen LogP contribution in [0.2, 0.25) is 0 Å². The van der Waals surface area contributed by atoms with E-state index < -0.39 is 12.0 Å². The Labute approximate surface area is 241 Å². The minimum Gasteiger partial charge on any atom is -0.465 e. The lowest BCUT2D eigenvalue weighted by Gasteiger charge is -2.38. The lowest BCUT2D eigenvalue weighted by atomic mass is 9.73. The van der Waals surface area contributed by atoms with Gasteiger partial charge < -0.3 is 25.0 Å². The molecule has 1 fully saturated rings. The van der Waals surface area contributed by atoms with E-state index in [2.05, 4.69) is 29.4 Å². The van der Waals surface area contributed by atoms with Crippen molar-refractivity contribution in [1.29, 1.82) is 0 Å². The molecule has 2 aromatic carbocycles. The van der Waals surface area contributed by atoms with Crippen LogP contribution in [-0.2, 0) is 19.1 Å². The summed E-state index contributed by atoms with van der Waals surface area (Å²) >= 11 is 0. The second kappa shape index (κ2) is 12.4. The van der Waals surface area contributed by atoms with Gasteiger partial charge >= 0.3 is 5.97 Å². The van der Waals surface area contributed by atoms with Crippen molar-refractivity contribution in [3.05, 3.63) is 70.9 Å². The number of carbonyl (C=O) groups excluding carboxylic acids is 3. The summed E-state index contributed by atoms with van der Waals surface area (Å²) in [6.45, 7) is 9.13. The molecule has 1 amide bonds. The number of carbonyl (C=O) groups is 3. The first kappa shape index (κ1) is 28.8. The maximum absolute atomic E-state index is 13.8. The molecule has 3 aliphatic rings. The summed E-state index contributed by atoms with van der Waals surface area (Å²) in [6, 6.07) is 14.5. The summed E-state index contributed by atoms with van der Waals surface area (Å²) in [5, 5.41) is 6.67. The Kier molecular flexibility index (Phi) is 8.75. The molecule has 2 aliphatic heterocycles. The normalized spacial score (nSPS) is 20.4. The van der Waals surface area contributed by atoms with Crippen LogP contribution in [0.3, 0.4) is 0 Å². The van der Waals surface area contributed by atoms with Gasteiger partial charge in [0.15, 0.2) is 5.78 Å². The molecule has 0 aromatic heterocycles. The number of Topliss-reactive ketones (excluding diaryl/α,β-unsaturated/α-hetero) is 1. The van der Waals surface area contributed by atoms with Crippen molar-refractivity contribution in [1.82, 2.24) is 10.2 Å². The molecular formula is C32H40N4O5. The van der Waals surface area contributed by atoms with E-state index in [1.54, 1.807) is 12.1 Å². The molecule has 1 saturated heterocycles. The molecule has 5 rings (SSSR count). The molecule has 0 saturated carbocycles.